The van der Waals surface area contributed by atoms with E-state index >= 15 is 0 Å². The van der Waals surface area contributed by atoms with Gasteiger partial charge in [0.15, 0.2) is 6.61 Å². The van der Waals surface area contributed by atoms with Crippen LogP contribution in [-0.4, -0.2) is 59.3 Å². The van der Waals surface area contributed by atoms with Gasteiger partial charge in [0.05, 0.1) is 18.7 Å². The van der Waals surface area contributed by atoms with Crippen LogP contribution < -0.4 is 0 Å². The van der Waals surface area contributed by atoms with Gasteiger partial charge in [0, 0.05) is 29.9 Å². The van der Waals surface area contributed by atoms with Crippen LogP contribution in [0.5, 0.6) is 0 Å². The highest BCUT2D eigenvalue weighted by molar-refractivity contribution is 6.30. The number of carbonyl (C=O) groups excluding carboxylic acids is 3. The minimum Gasteiger partial charge on any atom is -0.469 e. The third-order valence-electron chi connectivity index (χ3n) is 5.78. The normalized spacial score (nSPS) is 14.0. The van der Waals surface area contributed by atoms with Gasteiger partial charge in [-0.2, -0.15) is 5.10 Å². The summed E-state index contributed by atoms with van der Waals surface area (Å²) in [7, 11) is 1.36. The van der Waals surface area contributed by atoms with Gasteiger partial charge < -0.3 is 14.4 Å². The summed E-state index contributed by atoms with van der Waals surface area (Å²) in [5.74, 6) is -1.42. The van der Waals surface area contributed by atoms with Crippen LogP contribution in [0.25, 0.3) is 16.9 Å². The van der Waals surface area contributed by atoms with E-state index in [9.17, 15) is 14.4 Å². The van der Waals surface area contributed by atoms with E-state index in [1.165, 1.54) is 7.11 Å². The SMILES string of the molecule is COC(=O)C1CCN(C(=O)COC(=O)c2cn(-c3ccccc3)nc2-c2ccc(Cl)cc2)CC1. The zero-order chi connectivity index (χ0) is 24.1. The van der Waals surface area contributed by atoms with Gasteiger partial charge in [0.25, 0.3) is 5.91 Å². The van der Waals surface area contributed by atoms with Gasteiger partial charge >= 0.3 is 11.9 Å². The quantitative estimate of drug-likeness (QED) is 0.498. The topological polar surface area (TPSA) is 90.7 Å². The summed E-state index contributed by atoms with van der Waals surface area (Å²) in [6.07, 6.45) is 2.64. The molecular weight excluding hydrogens is 458 g/mol. The fourth-order valence-corrected chi connectivity index (χ4v) is 4.01. The summed E-state index contributed by atoms with van der Waals surface area (Å²) in [6, 6.07) is 16.4. The Kier molecular flexibility index (Phi) is 7.27. The van der Waals surface area contributed by atoms with E-state index in [0.29, 0.717) is 42.2 Å². The lowest BCUT2D eigenvalue weighted by atomic mass is 9.97. The molecule has 1 aromatic heterocycles. The molecule has 9 heteroatoms. The largest absolute Gasteiger partial charge is 0.469 e. The second-order valence-electron chi connectivity index (χ2n) is 7.93. The lowest BCUT2D eigenvalue weighted by molar-refractivity contribution is -0.149. The third-order valence-corrected chi connectivity index (χ3v) is 6.03. The molecule has 1 fully saturated rings. The maximum atomic E-state index is 13.0. The van der Waals surface area contributed by atoms with Crippen LogP contribution in [0.15, 0.2) is 60.8 Å². The highest BCUT2D eigenvalue weighted by atomic mass is 35.5. The number of rotatable bonds is 6. The van der Waals surface area contributed by atoms with E-state index in [0.717, 1.165) is 5.69 Å². The van der Waals surface area contributed by atoms with Gasteiger partial charge in [-0.3, -0.25) is 9.59 Å². The lowest BCUT2D eigenvalue weighted by Crippen LogP contribution is -2.42. The minimum absolute atomic E-state index is 0.206. The maximum Gasteiger partial charge on any atom is 0.342 e. The Balaban J connectivity index is 1.48. The molecule has 8 nitrogen and oxygen atoms in total. The summed E-state index contributed by atoms with van der Waals surface area (Å²) in [4.78, 5) is 38.9. The molecule has 1 amide bonds. The van der Waals surface area contributed by atoms with Crippen LogP contribution >= 0.6 is 11.6 Å². The number of methoxy groups -OCH3 is 1. The molecule has 0 aliphatic carbocycles. The van der Waals surface area contributed by atoms with E-state index in [1.54, 1.807) is 40.0 Å². The standard InChI is InChI=1S/C25H24ClN3O5/c1-33-24(31)18-11-13-28(14-12-18)22(30)16-34-25(32)21-15-29(20-5-3-2-4-6-20)27-23(21)17-7-9-19(26)10-8-17/h2-10,15,18H,11-14,16H2,1H3. The van der Waals surface area contributed by atoms with Crippen molar-refractivity contribution in [2.75, 3.05) is 26.8 Å². The van der Waals surface area contributed by atoms with Crippen molar-refractivity contribution >= 4 is 29.4 Å². The lowest BCUT2D eigenvalue weighted by Gasteiger charge is -2.30. The Hall–Kier alpha value is -3.65. The second-order valence-corrected chi connectivity index (χ2v) is 8.37. The van der Waals surface area contributed by atoms with Gasteiger partial charge in [-0.15, -0.1) is 0 Å². The van der Waals surface area contributed by atoms with E-state index < -0.39 is 12.6 Å². The Morgan fingerprint density at radius 3 is 2.35 bits per heavy atom. The first kappa shape index (κ1) is 23.5. The number of hydrogen-bond acceptors (Lipinski definition) is 6. The van der Waals surface area contributed by atoms with E-state index in [1.807, 2.05) is 30.3 Å². The summed E-state index contributed by atoms with van der Waals surface area (Å²) in [6.45, 7) is 0.439. The molecule has 0 spiro atoms. The summed E-state index contributed by atoms with van der Waals surface area (Å²) in [5.41, 5.74) is 2.14. The van der Waals surface area contributed by atoms with Crippen molar-refractivity contribution in [3.8, 4) is 16.9 Å². The summed E-state index contributed by atoms with van der Waals surface area (Å²) >= 11 is 6.01. The van der Waals surface area contributed by atoms with Crippen LogP contribution in [0.1, 0.15) is 23.2 Å². The molecule has 0 N–H and O–H groups in total. The highest BCUT2D eigenvalue weighted by Crippen LogP contribution is 2.26. The predicted octanol–water partition coefficient (Wildman–Crippen LogP) is 3.76. The minimum atomic E-state index is -0.648. The molecule has 4 rings (SSSR count). The van der Waals surface area contributed by atoms with Crippen LogP contribution in [0.2, 0.25) is 5.02 Å². The molecule has 0 radical (unpaired) electrons. The molecule has 3 aromatic rings. The predicted molar refractivity (Wildman–Crippen MR) is 126 cm³/mol. The van der Waals surface area contributed by atoms with E-state index in [4.69, 9.17) is 21.1 Å². The molecule has 2 heterocycles. The molecule has 0 saturated carbocycles. The van der Waals surface area contributed by atoms with Crippen molar-refractivity contribution in [1.29, 1.82) is 0 Å². The van der Waals surface area contributed by atoms with Crippen LogP contribution in [0, 0.1) is 5.92 Å². The Labute approximate surface area is 202 Å². The summed E-state index contributed by atoms with van der Waals surface area (Å²) in [5, 5.41) is 5.15. The van der Waals surface area contributed by atoms with Crippen LogP contribution in [-0.2, 0) is 19.1 Å². The number of benzene rings is 2. The number of piperidine rings is 1. The number of nitrogens with zero attached hydrogens (tertiary/aromatic N) is 3. The molecule has 0 unspecified atom stereocenters. The number of aromatic nitrogens is 2. The van der Waals surface area contributed by atoms with Crippen molar-refractivity contribution in [3.05, 3.63) is 71.4 Å². The third kappa shape index (κ3) is 5.28. The zero-order valence-corrected chi connectivity index (χ0v) is 19.4. The Morgan fingerprint density at radius 1 is 1.03 bits per heavy atom. The number of esters is 2. The smallest absolute Gasteiger partial charge is 0.342 e. The number of halogens is 1. The molecule has 176 valence electrons. The van der Waals surface area contributed by atoms with Gasteiger partial charge in [-0.25, -0.2) is 9.48 Å². The Bertz CT molecular complexity index is 1170. The van der Waals surface area contributed by atoms with Gasteiger partial charge in [-0.05, 0) is 37.1 Å². The number of amides is 1. The van der Waals surface area contributed by atoms with Crippen molar-refractivity contribution in [1.82, 2.24) is 14.7 Å². The first-order valence-corrected chi connectivity index (χ1v) is 11.3. The van der Waals surface area contributed by atoms with Crippen molar-refractivity contribution in [2.45, 2.75) is 12.8 Å². The average molecular weight is 482 g/mol. The molecular formula is C25H24ClN3O5. The highest BCUT2D eigenvalue weighted by Gasteiger charge is 2.29. The van der Waals surface area contributed by atoms with E-state index in [2.05, 4.69) is 5.10 Å². The molecule has 0 atom stereocenters. The van der Waals surface area contributed by atoms with Gasteiger partial charge in [0.2, 0.25) is 0 Å². The first-order valence-electron chi connectivity index (χ1n) is 10.9. The zero-order valence-electron chi connectivity index (χ0n) is 18.6. The summed E-state index contributed by atoms with van der Waals surface area (Å²) < 4.78 is 11.7. The monoisotopic (exact) mass is 481 g/mol. The molecule has 2 aromatic carbocycles. The van der Waals surface area contributed by atoms with Crippen molar-refractivity contribution in [3.63, 3.8) is 0 Å². The fourth-order valence-electron chi connectivity index (χ4n) is 3.88. The number of para-hydroxylation sites is 1. The molecule has 1 aliphatic rings. The van der Waals surface area contributed by atoms with Crippen LogP contribution in [0.3, 0.4) is 0 Å². The van der Waals surface area contributed by atoms with Gasteiger partial charge in [0.1, 0.15) is 11.3 Å². The second kappa shape index (κ2) is 10.5. The van der Waals surface area contributed by atoms with E-state index in [-0.39, 0.29) is 23.4 Å². The van der Waals surface area contributed by atoms with Gasteiger partial charge in [-0.1, -0.05) is 41.9 Å². The first-order chi connectivity index (χ1) is 16.5. The van der Waals surface area contributed by atoms with Crippen LogP contribution in [0.4, 0.5) is 0 Å². The molecule has 0 bridgehead atoms. The van der Waals surface area contributed by atoms with Crippen molar-refractivity contribution in [2.24, 2.45) is 5.92 Å². The number of hydrogen-bond donors (Lipinski definition) is 0. The Morgan fingerprint density at radius 2 is 1.71 bits per heavy atom. The number of ether oxygens (including phenoxy) is 2. The average Bonchev–Trinajstić information content (AvgIpc) is 3.33. The number of carbonyl (C=O) groups is 3. The molecule has 1 aliphatic heterocycles. The van der Waals surface area contributed by atoms with Crippen molar-refractivity contribution < 1.29 is 23.9 Å². The molecule has 1 saturated heterocycles. The fraction of sp³-hybridized carbons (Fsp3) is 0.280. The number of likely N-dealkylation sites (tertiary alicyclic amines) is 1. The maximum absolute atomic E-state index is 13.0. The molecule has 34 heavy (non-hydrogen) atoms.